The number of alkyl halides is 4. The SMILES string of the molecule is CCCC[C@@H](c1ccccc1OC(F)(F)C(F)F)N1CCNCC1. The third-order valence-corrected chi connectivity index (χ3v) is 4.20. The largest absolute Gasteiger partial charge is 0.461 e. The number of hydrogen-bond acceptors (Lipinski definition) is 3. The van der Waals surface area contributed by atoms with Crippen LogP contribution in [0, 0.1) is 0 Å². The van der Waals surface area contributed by atoms with Gasteiger partial charge in [-0.3, -0.25) is 4.90 Å². The Hall–Kier alpha value is -1.34. The van der Waals surface area contributed by atoms with Crippen LogP contribution in [0.15, 0.2) is 24.3 Å². The second-order valence-electron chi connectivity index (χ2n) is 5.95. The summed E-state index contributed by atoms with van der Waals surface area (Å²) < 4.78 is 56.2. The van der Waals surface area contributed by atoms with Gasteiger partial charge >= 0.3 is 12.5 Å². The molecule has 7 heteroatoms. The van der Waals surface area contributed by atoms with E-state index >= 15 is 0 Å². The van der Waals surface area contributed by atoms with Crippen molar-refractivity contribution < 1.29 is 22.3 Å². The molecular formula is C17H24F4N2O. The first-order valence-corrected chi connectivity index (χ1v) is 8.34. The van der Waals surface area contributed by atoms with Crippen LogP contribution in [-0.2, 0) is 0 Å². The fourth-order valence-electron chi connectivity index (χ4n) is 2.97. The Morgan fingerprint density at radius 1 is 1.21 bits per heavy atom. The summed E-state index contributed by atoms with van der Waals surface area (Å²) in [5.74, 6) is -0.164. The molecule has 0 radical (unpaired) electrons. The van der Waals surface area contributed by atoms with Gasteiger partial charge in [0.1, 0.15) is 5.75 Å². The normalized spacial score (nSPS) is 17.9. The van der Waals surface area contributed by atoms with Crippen molar-refractivity contribution in [3.63, 3.8) is 0 Å². The molecule has 1 heterocycles. The van der Waals surface area contributed by atoms with Crippen LogP contribution in [0.1, 0.15) is 37.8 Å². The van der Waals surface area contributed by atoms with Gasteiger partial charge in [-0.05, 0) is 12.5 Å². The number of rotatable bonds is 8. The van der Waals surface area contributed by atoms with Crippen LogP contribution < -0.4 is 10.1 Å². The monoisotopic (exact) mass is 348 g/mol. The molecular weight excluding hydrogens is 324 g/mol. The zero-order chi connectivity index (χ0) is 17.6. The zero-order valence-corrected chi connectivity index (χ0v) is 13.8. The predicted octanol–water partition coefficient (Wildman–Crippen LogP) is 4.06. The molecule has 1 saturated heterocycles. The smallest absolute Gasteiger partial charge is 0.428 e. The van der Waals surface area contributed by atoms with E-state index in [0.29, 0.717) is 5.56 Å². The summed E-state index contributed by atoms with van der Waals surface area (Å²) in [4.78, 5) is 2.20. The molecule has 1 atom stereocenters. The quantitative estimate of drug-likeness (QED) is 0.717. The van der Waals surface area contributed by atoms with Crippen LogP contribution >= 0.6 is 0 Å². The van der Waals surface area contributed by atoms with Crippen molar-refractivity contribution in [2.75, 3.05) is 26.2 Å². The maximum atomic E-state index is 13.4. The molecule has 136 valence electrons. The first-order chi connectivity index (χ1) is 11.5. The number of hydrogen-bond donors (Lipinski definition) is 1. The Morgan fingerprint density at radius 3 is 2.50 bits per heavy atom. The Bertz CT molecular complexity index is 507. The molecule has 0 aromatic heterocycles. The molecule has 0 bridgehead atoms. The lowest BCUT2D eigenvalue weighted by Gasteiger charge is -2.36. The molecule has 3 nitrogen and oxygen atoms in total. The van der Waals surface area contributed by atoms with Gasteiger partial charge in [0.25, 0.3) is 0 Å². The molecule has 1 fully saturated rings. The average Bonchev–Trinajstić information content (AvgIpc) is 2.57. The van der Waals surface area contributed by atoms with E-state index in [1.54, 1.807) is 12.1 Å². The number of benzene rings is 1. The van der Waals surface area contributed by atoms with Crippen molar-refractivity contribution in [3.05, 3.63) is 29.8 Å². The van der Waals surface area contributed by atoms with Gasteiger partial charge in [-0.2, -0.15) is 17.6 Å². The molecule has 24 heavy (non-hydrogen) atoms. The van der Waals surface area contributed by atoms with Crippen LogP contribution in [0.3, 0.4) is 0 Å². The lowest BCUT2D eigenvalue weighted by atomic mass is 9.98. The number of unbranched alkanes of at least 4 members (excludes halogenated alkanes) is 1. The molecule has 2 rings (SSSR count). The maximum absolute atomic E-state index is 13.4. The summed E-state index contributed by atoms with van der Waals surface area (Å²) >= 11 is 0. The highest BCUT2D eigenvalue weighted by Crippen LogP contribution is 2.37. The Labute approximate surface area is 140 Å². The van der Waals surface area contributed by atoms with Crippen molar-refractivity contribution in [1.82, 2.24) is 10.2 Å². The molecule has 1 aromatic carbocycles. The second kappa shape index (κ2) is 8.67. The second-order valence-corrected chi connectivity index (χ2v) is 5.95. The van der Waals surface area contributed by atoms with Gasteiger partial charge in [0.2, 0.25) is 0 Å². The highest BCUT2D eigenvalue weighted by Gasteiger charge is 2.44. The van der Waals surface area contributed by atoms with Crippen molar-refractivity contribution in [2.45, 2.75) is 44.8 Å². The molecule has 1 aliphatic heterocycles. The van der Waals surface area contributed by atoms with Gasteiger partial charge in [0, 0.05) is 37.8 Å². The van der Waals surface area contributed by atoms with E-state index in [4.69, 9.17) is 0 Å². The number of halogens is 4. The third kappa shape index (κ3) is 4.83. The molecule has 0 spiro atoms. The van der Waals surface area contributed by atoms with Crippen molar-refractivity contribution in [2.24, 2.45) is 0 Å². The summed E-state index contributed by atoms with van der Waals surface area (Å²) in [6.07, 6.45) is -5.68. The number of nitrogens with one attached hydrogen (secondary N) is 1. The van der Waals surface area contributed by atoms with Crippen molar-refractivity contribution in [3.8, 4) is 5.75 Å². The molecule has 1 aromatic rings. The minimum absolute atomic E-state index is 0.114. The molecule has 1 aliphatic rings. The summed E-state index contributed by atoms with van der Waals surface area (Å²) in [6, 6.07) is 6.17. The van der Waals surface area contributed by atoms with E-state index in [-0.39, 0.29) is 11.8 Å². The van der Waals surface area contributed by atoms with E-state index in [1.165, 1.54) is 12.1 Å². The van der Waals surface area contributed by atoms with E-state index < -0.39 is 12.5 Å². The van der Waals surface area contributed by atoms with Crippen LogP contribution in [0.4, 0.5) is 17.6 Å². The van der Waals surface area contributed by atoms with Gasteiger partial charge in [0.05, 0.1) is 0 Å². The van der Waals surface area contributed by atoms with E-state index in [2.05, 4.69) is 21.9 Å². The van der Waals surface area contributed by atoms with Gasteiger partial charge in [-0.15, -0.1) is 0 Å². The zero-order valence-electron chi connectivity index (χ0n) is 13.8. The topological polar surface area (TPSA) is 24.5 Å². The molecule has 0 unspecified atom stereocenters. The van der Waals surface area contributed by atoms with E-state index in [0.717, 1.165) is 45.4 Å². The highest BCUT2D eigenvalue weighted by molar-refractivity contribution is 5.36. The molecule has 0 saturated carbocycles. The average molecular weight is 348 g/mol. The van der Waals surface area contributed by atoms with E-state index in [1.807, 2.05) is 0 Å². The van der Waals surface area contributed by atoms with E-state index in [9.17, 15) is 17.6 Å². The predicted molar refractivity (Wildman–Crippen MR) is 84.7 cm³/mol. The molecule has 0 aliphatic carbocycles. The molecule has 1 N–H and O–H groups in total. The Morgan fingerprint density at radius 2 is 1.88 bits per heavy atom. The van der Waals surface area contributed by atoms with Gasteiger partial charge in [-0.1, -0.05) is 38.0 Å². The minimum Gasteiger partial charge on any atom is -0.428 e. The van der Waals surface area contributed by atoms with Gasteiger partial charge in [0.15, 0.2) is 0 Å². The minimum atomic E-state index is -4.49. The first kappa shape index (κ1) is 19.0. The molecule has 0 amide bonds. The number of nitrogens with zero attached hydrogens (tertiary/aromatic N) is 1. The standard InChI is InChI=1S/C17H24F4N2O/c1-2-3-7-14(23-11-9-22-10-12-23)13-6-4-5-8-15(13)24-17(20,21)16(18)19/h4-6,8,14,16,22H,2-3,7,9-12H2,1H3/t14-/m0/s1. The number of ether oxygens (including phenoxy) is 1. The number of piperazine rings is 1. The van der Waals surface area contributed by atoms with Gasteiger partial charge < -0.3 is 10.1 Å². The lowest BCUT2D eigenvalue weighted by molar-refractivity contribution is -0.253. The lowest BCUT2D eigenvalue weighted by Crippen LogP contribution is -2.45. The number of para-hydroxylation sites is 1. The summed E-state index contributed by atoms with van der Waals surface area (Å²) in [7, 11) is 0. The van der Waals surface area contributed by atoms with Crippen molar-refractivity contribution in [1.29, 1.82) is 0 Å². The summed E-state index contributed by atoms with van der Waals surface area (Å²) in [6.45, 7) is 5.27. The fraction of sp³-hybridized carbons (Fsp3) is 0.647. The third-order valence-electron chi connectivity index (χ3n) is 4.20. The first-order valence-electron chi connectivity index (χ1n) is 8.34. The van der Waals surface area contributed by atoms with Crippen LogP contribution in [0.2, 0.25) is 0 Å². The van der Waals surface area contributed by atoms with Crippen LogP contribution in [-0.4, -0.2) is 43.6 Å². The van der Waals surface area contributed by atoms with Crippen LogP contribution in [0.5, 0.6) is 5.75 Å². The summed E-state index contributed by atoms with van der Waals surface area (Å²) in [5, 5.41) is 3.25. The Balaban J connectivity index is 2.28. The fourth-order valence-corrected chi connectivity index (χ4v) is 2.97. The maximum Gasteiger partial charge on any atom is 0.461 e. The van der Waals surface area contributed by atoms with Gasteiger partial charge in [-0.25, -0.2) is 0 Å². The Kier molecular flexibility index (Phi) is 6.86. The van der Waals surface area contributed by atoms with Crippen molar-refractivity contribution >= 4 is 0 Å². The van der Waals surface area contributed by atoms with Crippen LogP contribution in [0.25, 0.3) is 0 Å². The highest BCUT2D eigenvalue weighted by atomic mass is 19.3. The summed E-state index contributed by atoms with van der Waals surface area (Å²) in [5.41, 5.74) is 0.549.